The van der Waals surface area contributed by atoms with Gasteiger partial charge in [0.05, 0.1) is 0 Å². The normalized spacial score (nSPS) is 22.5. The standard InChI is InChI=1S/C22H25Cl2NO3/c1-22(2,3)21(28)25-16(12-19(26)20(25)27)10-13-4-6-14(7-5-13)17-11-15(23)8-9-18(17)24/h4-9,11,16,19-20,26-27H,10,12H2,1-3H3/t16-,19-,20?/m1/s1. The number of aliphatic hydroxyl groups excluding tert-OH is 2. The van der Waals surface area contributed by atoms with Crippen LogP contribution in [0.15, 0.2) is 42.5 Å². The number of likely N-dealkylation sites (tertiary alicyclic amines) is 1. The monoisotopic (exact) mass is 421 g/mol. The molecule has 0 saturated carbocycles. The smallest absolute Gasteiger partial charge is 0.230 e. The van der Waals surface area contributed by atoms with Crippen molar-refractivity contribution >= 4 is 29.1 Å². The maximum atomic E-state index is 12.8. The first-order valence-electron chi connectivity index (χ1n) is 9.31. The summed E-state index contributed by atoms with van der Waals surface area (Å²) >= 11 is 12.4. The van der Waals surface area contributed by atoms with Crippen molar-refractivity contribution in [3.63, 3.8) is 0 Å². The molecule has 1 fully saturated rings. The van der Waals surface area contributed by atoms with Crippen LogP contribution in [0.2, 0.25) is 10.0 Å². The van der Waals surface area contributed by atoms with Crippen LogP contribution in [0.4, 0.5) is 0 Å². The molecule has 2 aromatic rings. The molecule has 0 spiro atoms. The molecule has 0 radical (unpaired) electrons. The molecule has 4 nitrogen and oxygen atoms in total. The molecule has 1 aliphatic rings. The molecule has 1 aliphatic heterocycles. The van der Waals surface area contributed by atoms with E-state index in [1.165, 1.54) is 4.90 Å². The third kappa shape index (κ3) is 4.36. The first-order chi connectivity index (χ1) is 13.1. The lowest BCUT2D eigenvalue weighted by molar-refractivity contribution is -0.153. The van der Waals surface area contributed by atoms with Gasteiger partial charge < -0.3 is 15.1 Å². The van der Waals surface area contributed by atoms with Crippen molar-refractivity contribution in [2.24, 2.45) is 5.41 Å². The SMILES string of the molecule is CC(C)(C)C(=O)N1C(O)[C@H](O)C[C@H]1Cc1ccc(-c2cc(Cl)ccc2Cl)cc1. The van der Waals surface area contributed by atoms with Crippen molar-refractivity contribution in [2.75, 3.05) is 0 Å². The molecule has 0 aromatic heterocycles. The van der Waals surface area contributed by atoms with Crippen molar-refractivity contribution in [3.05, 3.63) is 58.1 Å². The van der Waals surface area contributed by atoms with E-state index in [1.54, 1.807) is 12.1 Å². The number of aliphatic hydroxyl groups is 2. The molecule has 6 heteroatoms. The number of benzene rings is 2. The fourth-order valence-electron chi connectivity index (χ4n) is 3.58. The highest BCUT2D eigenvalue weighted by Gasteiger charge is 2.44. The van der Waals surface area contributed by atoms with Crippen molar-refractivity contribution in [1.82, 2.24) is 4.90 Å². The molecule has 1 unspecified atom stereocenters. The molecule has 28 heavy (non-hydrogen) atoms. The zero-order chi connectivity index (χ0) is 20.6. The molecule has 2 aromatic carbocycles. The van der Waals surface area contributed by atoms with Crippen LogP contribution in [0, 0.1) is 5.41 Å². The fourth-order valence-corrected chi connectivity index (χ4v) is 3.98. The van der Waals surface area contributed by atoms with Crippen LogP contribution in [0.25, 0.3) is 11.1 Å². The zero-order valence-corrected chi connectivity index (χ0v) is 17.7. The van der Waals surface area contributed by atoms with Crippen molar-refractivity contribution in [1.29, 1.82) is 0 Å². The van der Waals surface area contributed by atoms with E-state index < -0.39 is 17.7 Å². The Balaban J connectivity index is 1.81. The second-order valence-corrected chi connectivity index (χ2v) is 9.20. The highest BCUT2D eigenvalue weighted by Crippen LogP contribution is 2.33. The van der Waals surface area contributed by atoms with Gasteiger partial charge in [0, 0.05) is 27.1 Å². The van der Waals surface area contributed by atoms with Crippen LogP contribution in [0.3, 0.4) is 0 Å². The molecule has 2 N–H and O–H groups in total. The molecular weight excluding hydrogens is 397 g/mol. The van der Waals surface area contributed by atoms with E-state index in [1.807, 2.05) is 51.1 Å². The van der Waals surface area contributed by atoms with Gasteiger partial charge in [-0.15, -0.1) is 0 Å². The molecule has 3 rings (SSSR count). The summed E-state index contributed by atoms with van der Waals surface area (Å²) in [7, 11) is 0. The highest BCUT2D eigenvalue weighted by atomic mass is 35.5. The lowest BCUT2D eigenvalue weighted by Gasteiger charge is -2.33. The van der Waals surface area contributed by atoms with Gasteiger partial charge in [-0.3, -0.25) is 4.79 Å². The van der Waals surface area contributed by atoms with Crippen LogP contribution in [0.1, 0.15) is 32.8 Å². The molecule has 150 valence electrons. The number of hydrogen-bond acceptors (Lipinski definition) is 3. The average Bonchev–Trinajstić information content (AvgIpc) is 2.90. The predicted octanol–water partition coefficient (Wildman–Crippen LogP) is 4.53. The second-order valence-electron chi connectivity index (χ2n) is 8.36. The first-order valence-corrected chi connectivity index (χ1v) is 10.1. The number of halogens is 2. The summed E-state index contributed by atoms with van der Waals surface area (Å²) in [5, 5.41) is 21.7. The molecule has 1 heterocycles. The van der Waals surface area contributed by atoms with Crippen LogP contribution < -0.4 is 0 Å². The third-order valence-corrected chi connectivity index (χ3v) is 5.64. The summed E-state index contributed by atoms with van der Waals surface area (Å²) < 4.78 is 0. The van der Waals surface area contributed by atoms with E-state index in [-0.39, 0.29) is 11.9 Å². The Labute approximate surface area is 175 Å². The molecular formula is C22H25Cl2NO3. The Kier molecular flexibility index (Phi) is 6.06. The summed E-state index contributed by atoms with van der Waals surface area (Å²) in [5.41, 5.74) is 2.19. The highest BCUT2D eigenvalue weighted by molar-refractivity contribution is 6.35. The third-order valence-electron chi connectivity index (χ3n) is 5.08. The topological polar surface area (TPSA) is 60.8 Å². The van der Waals surface area contributed by atoms with E-state index in [4.69, 9.17) is 23.2 Å². The number of amides is 1. The Bertz CT molecular complexity index is 861. The van der Waals surface area contributed by atoms with Crippen molar-refractivity contribution in [3.8, 4) is 11.1 Å². The minimum absolute atomic E-state index is 0.163. The number of carbonyl (C=O) groups is 1. The summed E-state index contributed by atoms with van der Waals surface area (Å²) in [6, 6.07) is 13.0. The van der Waals surface area contributed by atoms with Crippen LogP contribution in [-0.4, -0.2) is 39.4 Å². The molecule has 1 saturated heterocycles. The van der Waals surface area contributed by atoms with E-state index in [0.29, 0.717) is 22.9 Å². The summed E-state index contributed by atoms with van der Waals surface area (Å²) in [5.74, 6) is -0.163. The largest absolute Gasteiger partial charge is 0.388 e. The van der Waals surface area contributed by atoms with Crippen LogP contribution >= 0.6 is 23.2 Å². The first kappa shape index (κ1) is 21.1. The average molecular weight is 422 g/mol. The van der Waals surface area contributed by atoms with E-state index >= 15 is 0 Å². The van der Waals surface area contributed by atoms with Gasteiger partial charge in [-0.05, 0) is 42.2 Å². The lowest BCUT2D eigenvalue weighted by Crippen LogP contribution is -2.48. The Hall–Kier alpha value is -1.59. The summed E-state index contributed by atoms with van der Waals surface area (Å²) in [6.45, 7) is 5.44. The maximum Gasteiger partial charge on any atom is 0.230 e. The van der Waals surface area contributed by atoms with Gasteiger partial charge in [-0.1, -0.05) is 68.2 Å². The van der Waals surface area contributed by atoms with Gasteiger partial charge >= 0.3 is 0 Å². The summed E-state index contributed by atoms with van der Waals surface area (Å²) in [6.07, 6.45) is -1.19. The molecule has 0 aliphatic carbocycles. The van der Waals surface area contributed by atoms with Gasteiger partial charge in [-0.2, -0.15) is 0 Å². The number of rotatable bonds is 3. The molecule has 1 amide bonds. The minimum Gasteiger partial charge on any atom is -0.388 e. The van der Waals surface area contributed by atoms with Crippen molar-refractivity contribution in [2.45, 2.75) is 52.0 Å². The lowest BCUT2D eigenvalue weighted by atomic mass is 9.93. The van der Waals surface area contributed by atoms with E-state index in [9.17, 15) is 15.0 Å². The Morgan fingerprint density at radius 1 is 1.11 bits per heavy atom. The van der Waals surface area contributed by atoms with Crippen LogP contribution in [-0.2, 0) is 11.2 Å². The van der Waals surface area contributed by atoms with Gasteiger partial charge in [-0.25, -0.2) is 0 Å². The van der Waals surface area contributed by atoms with E-state index in [2.05, 4.69) is 0 Å². The quantitative estimate of drug-likeness (QED) is 0.764. The summed E-state index contributed by atoms with van der Waals surface area (Å²) in [4.78, 5) is 14.2. The van der Waals surface area contributed by atoms with Gasteiger partial charge in [0.1, 0.15) is 6.10 Å². The Morgan fingerprint density at radius 3 is 2.36 bits per heavy atom. The number of hydrogen-bond donors (Lipinski definition) is 2. The van der Waals surface area contributed by atoms with Crippen molar-refractivity contribution < 1.29 is 15.0 Å². The predicted molar refractivity (Wildman–Crippen MR) is 112 cm³/mol. The van der Waals surface area contributed by atoms with E-state index in [0.717, 1.165) is 16.7 Å². The second kappa shape index (κ2) is 8.03. The molecule has 3 atom stereocenters. The van der Waals surface area contributed by atoms with Gasteiger partial charge in [0.25, 0.3) is 0 Å². The van der Waals surface area contributed by atoms with Crippen LogP contribution in [0.5, 0.6) is 0 Å². The zero-order valence-electron chi connectivity index (χ0n) is 16.2. The molecule has 0 bridgehead atoms. The number of nitrogens with zero attached hydrogens (tertiary/aromatic N) is 1. The number of carbonyl (C=O) groups excluding carboxylic acids is 1. The van der Waals surface area contributed by atoms with Gasteiger partial charge in [0.2, 0.25) is 5.91 Å². The van der Waals surface area contributed by atoms with Gasteiger partial charge in [0.15, 0.2) is 6.23 Å². The minimum atomic E-state index is -1.17. The fraction of sp³-hybridized carbons (Fsp3) is 0.409. The Morgan fingerprint density at radius 2 is 1.75 bits per heavy atom. The maximum absolute atomic E-state index is 12.8.